The number of rotatable bonds is 1. The fourth-order valence-corrected chi connectivity index (χ4v) is 3.52. The van der Waals surface area contributed by atoms with Gasteiger partial charge in [0.05, 0.1) is 25.3 Å². The molecule has 1 fully saturated rings. The fourth-order valence-electron chi connectivity index (χ4n) is 3.52. The summed E-state index contributed by atoms with van der Waals surface area (Å²) in [6.45, 7) is 6.66. The van der Waals surface area contributed by atoms with Crippen molar-refractivity contribution in [1.29, 1.82) is 0 Å². The summed E-state index contributed by atoms with van der Waals surface area (Å²) in [5.74, 6) is 0.877. The Hall–Kier alpha value is -2.27. The third-order valence-electron chi connectivity index (χ3n) is 4.54. The number of nitrogens with zero attached hydrogens (tertiary/aromatic N) is 1. The molecule has 1 aromatic heterocycles. The average molecular weight is 341 g/mol. The number of amides is 1. The minimum absolute atomic E-state index is 0.0261. The van der Waals surface area contributed by atoms with Crippen molar-refractivity contribution in [3.8, 4) is 0 Å². The van der Waals surface area contributed by atoms with Crippen LogP contribution in [0, 0.1) is 0 Å². The molecule has 1 saturated heterocycles. The molecule has 0 spiro atoms. The van der Waals surface area contributed by atoms with Crippen LogP contribution >= 0.6 is 0 Å². The molecule has 2 aromatic rings. The smallest absolute Gasteiger partial charge is 0.411 e. The van der Waals surface area contributed by atoms with Crippen molar-refractivity contribution >= 4 is 22.6 Å². The zero-order valence-electron chi connectivity index (χ0n) is 14.8. The third-order valence-corrected chi connectivity index (χ3v) is 4.54. The van der Waals surface area contributed by atoms with Crippen LogP contribution in [0.5, 0.6) is 0 Å². The maximum atomic E-state index is 12.6. The van der Waals surface area contributed by atoms with Crippen LogP contribution in [0.1, 0.15) is 33.0 Å². The highest BCUT2D eigenvalue weighted by Crippen LogP contribution is 2.35. The van der Waals surface area contributed by atoms with Crippen LogP contribution in [0.15, 0.2) is 40.8 Å². The Morgan fingerprint density at radius 2 is 2.04 bits per heavy atom. The van der Waals surface area contributed by atoms with Gasteiger partial charge in [0.25, 0.3) is 0 Å². The van der Waals surface area contributed by atoms with Crippen molar-refractivity contribution in [2.24, 2.45) is 0 Å². The number of benzene rings is 1. The summed E-state index contributed by atoms with van der Waals surface area (Å²) in [6, 6.07) is 9.91. The average Bonchev–Trinajstić information content (AvgIpc) is 2.96. The van der Waals surface area contributed by atoms with E-state index in [1.165, 1.54) is 0 Å². The number of fused-ring (bicyclic) bond motifs is 3. The molecule has 0 aliphatic carbocycles. The number of hydrogen-bond acceptors (Lipinski definition) is 4. The summed E-state index contributed by atoms with van der Waals surface area (Å²) in [4.78, 5) is 14.4. The number of morpholine rings is 1. The van der Waals surface area contributed by atoms with Crippen LogP contribution in [0.25, 0.3) is 16.5 Å². The number of para-hydroxylation sites is 1. The second-order valence-electron chi connectivity index (χ2n) is 7.69. The van der Waals surface area contributed by atoms with E-state index in [0.29, 0.717) is 19.6 Å². The van der Waals surface area contributed by atoms with E-state index in [1.54, 1.807) is 0 Å². The highest BCUT2D eigenvalue weighted by Gasteiger charge is 2.40. The minimum Gasteiger partial charge on any atom is -0.456 e. The molecule has 0 radical (unpaired) electrons. The van der Waals surface area contributed by atoms with Gasteiger partial charge in [-0.25, -0.2) is 4.79 Å². The van der Waals surface area contributed by atoms with Crippen LogP contribution in [0.3, 0.4) is 0 Å². The first-order chi connectivity index (χ1) is 11.9. The summed E-state index contributed by atoms with van der Waals surface area (Å²) in [5.41, 5.74) is 1.51. The molecule has 0 N–H and O–H groups in total. The summed E-state index contributed by atoms with van der Waals surface area (Å²) >= 11 is 0. The van der Waals surface area contributed by atoms with Crippen LogP contribution in [0.4, 0.5) is 4.79 Å². The second kappa shape index (κ2) is 5.92. The van der Waals surface area contributed by atoms with E-state index in [1.807, 2.05) is 49.9 Å². The molecule has 2 unspecified atom stereocenters. The van der Waals surface area contributed by atoms with E-state index in [-0.39, 0.29) is 18.2 Å². The Kier molecular flexibility index (Phi) is 3.84. The molecule has 3 heterocycles. The molecular weight excluding hydrogens is 318 g/mol. The van der Waals surface area contributed by atoms with Gasteiger partial charge in [-0.1, -0.05) is 24.3 Å². The molecular formula is C20H23NO4. The molecule has 5 nitrogen and oxygen atoms in total. The lowest BCUT2D eigenvalue weighted by Crippen LogP contribution is -2.57. The zero-order chi connectivity index (χ0) is 17.6. The predicted molar refractivity (Wildman–Crippen MR) is 95.3 cm³/mol. The van der Waals surface area contributed by atoms with Gasteiger partial charge in [-0.3, -0.25) is 4.90 Å². The normalized spacial score (nSPS) is 23.5. The Balaban J connectivity index is 1.63. The summed E-state index contributed by atoms with van der Waals surface area (Å²) in [7, 11) is 0. The third kappa shape index (κ3) is 3.16. The van der Waals surface area contributed by atoms with E-state index in [9.17, 15) is 4.79 Å². The van der Waals surface area contributed by atoms with E-state index < -0.39 is 5.60 Å². The van der Waals surface area contributed by atoms with E-state index in [0.717, 1.165) is 22.3 Å². The lowest BCUT2D eigenvalue weighted by atomic mass is 9.93. The van der Waals surface area contributed by atoms with Gasteiger partial charge in [-0.05, 0) is 44.9 Å². The van der Waals surface area contributed by atoms with Crippen LogP contribution in [0.2, 0.25) is 0 Å². The van der Waals surface area contributed by atoms with Crippen molar-refractivity contribution in [3.05, 3.63) is 42.2 Å². The first-order valence-electron chi connectivity index (χ1n) is 8.69. The molecule has 1 amide bonds. The van der Waals surface area contributed by atoms with Gasteiger partial charge < -0.3 is 13.9 Å². The summed E-state index contributed by atoms with van der Waals surface area (Å²) in [5, 5.41) is 1.09. The standard InChI is InChI=1S/C20H23NO4/c1-20(2,3)25-19(22)21-15-8-14(9-16(21)12-23-11-15)18-10-13-6-4-5-7-17(13)24-18/h4-8,10,15-16H,9,11-12H2,1-3H3. The van der Waals surface area contributed by atoms with Crippen molar-refractivity contribution < 1.29 is 18.7 Å². The highest BCUT2D eigenvalue weighted by atomic mass is 16.6. The molecule has 0 saturated carbocycles. The van der Waals surface area contributed by atoms with Crippen LogP contribution in [-0.4, -0.2) is 41.9 Å². The van der Waals surface area contributed by atoms with Gasteiger partial charge in [0, 0.05) is 5.39 Å². The van der Waals surface area contributed by atoms with Crippen molar-refractivity contribution in [2.75, 3.05) is 13.2 Å². The van der Waals surface area contributed by atoms with Crippen LogP contribution in [-0.2, 0) is 9.47 Å². The molecule has 5 heteroatoms. The largest absolute Gasteiger partial charge is 0.456 e. The topological polar surface area (TPSA) is 51.9 Å². The Bertz CT molecular complexity index is 797. The molecule has 1 aromatic carbocycles. The summed E-state index contributed by atoms with van der Waals surface area (Å²) in [6.07, 6.45) is 2.51. The molecule has 4 rings (SSSR count). The zero-order valence-corrected chi connectivity index (χ0v) is 14.8. The number of carbonyl (C=O) groups is 1. The molecule has 2 aliphatic heterocycles. The first kappa shape index (κ1) is 16.2. The van der Waals surface area contributed by atoms with Gasteiger partial charge in [0.2, 0.25) is 0 Å². The fraction of sp³-hybridized carbons (Fsp3) is 0.450. The molecule has 132 valence electrons. The van der Waals surface area contributed by atoms with Gasteiger partial charge in [0.1, 0.15) is 16.9 Å². The maximum Gasteiger partial charge on any atom is 0.411 e. The lowest BCUT2D eigenvalue weighted by molar-refractivity contribution is -0.0512. The predicted octanol–water partition coefficient (Wildman–Crippen LogP) is 4.22. The minimum atomic E-state index is -0.505. The summed E-state index contributed by atoms with van der Waals surface area (Å²) < 4.78 is 17.3. The Labute approximate surface area is 147 Å². The highest BCUT2D eigenvalue weighted by molar-refractivity contribution is 5.83. The SMILES string of the molecule is CC(C)(C)OC(=O)N1C2C=C(c3cc4ccccc4o3)CC1COC2. The van der Waals surface area contributed by atoms with Crippen molar-refractivity contribution in [2.45, 2.75) is 44.9 Å². The first-order valence-corrected chi connectivity index (χ1v) is 8.69. The number of ether oxygens (including phenoxy) is 2. The number of carbonyl (C=O) groups excluding carboxylic acids is 1. The Morgan fingerprint density at radius 3 is 2.76 bits per heavy atom. The molecule has 2 aliphatic rings. The lowest BCUT2D eigenvalue weighted by Gasteiger charge is -2.44. The van der Waals surface area contributed by atoms with E-state index in [2.05, 4.69) is 12.1 Å². The van der Waals surface area contributed by atoms with Crippen molar-refractivity contribution in [1.82, 2.24) is 4.90 Å². The monoisotopic (exact) mass is 341 g/mol. The van der Waals surface area contributed by atoms with Gasteiger partial charge in [-0.15, -0.1) is 0 Å². The Morgan fingerprint density at radius 1 is 1.24 bits per heavy atom. The second-order valence-corrected chi connectivity index (χ2v) is 7.69. The molecule has 2 bridgehead atoms. The van der Waals surface area contributed by atoms with Crippen LogP contribution < -0.4 is 0 Å². The van der Waals surface area contributed by atoms with E-state index in [4.69, 9.17) is 13.9 Å². The number of furan rings is 1. The van der Waals surface area contributed by atoms with Gasteiger partial charge in [-0.2, -0.15) is 0 Å². The van der Waals surface area contributed by atoms with E-state index >= 15 is 0 Å². The molecule has 25 heavy (non-hydrogen) atoms. The maximum absolute atomic E-state index is 12.6. The molecule has 2 atom stereocenters. The van der Waals surface area contributed by atoms with Gasteiger partial charge in [0.15, 0.2) is 0 Å². The number of hydrogen-bond donors (Lipinski definition) is 0. The van der Waals surface area contributed by atoms with Gasteiger partial charge >= 0.3 is 6.09 Å². The quantitative estimate of drug-likeness (QED) is 0.779. The van der Waals surface area contributed by atoms with Crippen molar-refractivity contribution in [3.63, 3.8) is 0 Å².